The summed E-state index contributed by atoms with van der Waals surface area (Å²) in [6, 6.07) is 14.0. The van der Waals surface area contributed by atoms with Gasteiger partial charge in [0.05, 0.1) is 12.7 Å². The minimum Gasteiger partial charge on any atom is -0.497 e. The standard InChI is InChI=1S/C25H24F2N4O3/c1-34-19-7-4-17(5-8-19)16-29-24(32)20-3-2-10-28-23(20)30-11-13-31(14-12-30)25(33)18-6-9-21(26)22(27)15-18/h2-10,15H,11-14,16H2,1H3,(H,29,32). The van der Waals surface area contributed by atoms with Crippen LogP contribution < -0.4 is 15.0 Å². The second kappa shape index (κ2) is 10.3. The van der Waals surface area contributed by atoms with E-state index < -0.39 is 11.6 Å². The van der Waals surface area contributed by atoms with Gasteiger partial charge in [-0.2, -0.15) is 0 Å². The lowest BCUT2D eigenvalue weighted by Gasteiger charge is -2.36. The van der Waals surface area contributed by atoms with E-state index in [0.29, 0.717) is 44.1 Å². The Morgan fingerprint density at radius 1 is 1.00 bits per heavy atom. The molecule has 2 heterocycles. The molecule has 2 aromatic carbocycles. The Morgan fingerprint density at radius 3 is 2.41 bits per heavy atom. The van der Waals surface area contributed by atoms with E-state index in [1.807, 2.05) is 29.2 Å². The van der Waals surface area contributed by atoms with Crippen molar-refractivity contribution in [3.63, 3.8) is 0 Å². The lowest BCUT2D eigenvalue weighted by molar-refractivity contribution is 0.0745. The molecule has 1 aliphatic heterocycles. The zero-order valence-electron chi connectivity index (χ0n) is 18.6. The molecular weight excluding hydrogens is 442 g/mol. The van der Waals surface area contributed by atoms with Crippen molar-refractivity contribution in [1.29, 1.82) is 0 Å². The Morgan fingerprint density at radius 2 is 1.74 bits per heavy atom. The van der Waals surface area contributed by atoms with Crippen LogP contribution in [0.25, 0.3) is 0 Å². The van der Waals surface area contributed by atoms with Crippen LogP contribution in [-0.2, 0) is 6.54 Å². The number of anilines is 1. The Hall–Kier alpha value is -4.01. The van der Waals surface area contributed by atoms with Crippen LogP contribution in [0.5, 0.6) is 5.75 Å². The minimum absolute atomic E-state index is 0.101. The lowest BCUT2D eigenvalue weighted by Crippen LogP contribution is -2.49. The van der Waals surface area contributed by atoms with Gasteiger partial charge in [0.2, 0.25) is 0 Å². The molecule has 0 radical (unpaired) electrons. The number of hydrogen-bond acceptors (Lipinski definition) is 5. The number of nitrogens with zero attached hydrogens (tertiary/aromatic N) is 3. The summed E-state index contributed by atoms with van der Waals surface area (Å²) in [7, 11) is 1.60. The third kappa shape index (κ3) is 5.14. The lowest BCUT2D eigenvalue weighted by atomic mass is 10.1. The Balaban J connectivity index is 1.39. The highest BCUT2D eigenvalue weighted by Gasteiger charge is 2.26. The number of carbonyl (C=O) groups is 2. The zero-order chi connectivity index (χ0) is 24.1. The van der Waals surface area contributed by atoms with Crippen LogP contribution in [0.15, 0.2) is 60.8 Å². The average Bonchev–Trinajstić information content (AvgIpc) is 2.89. The molecule has 2 amide bonds. The number of carbonyl (C=O) groups excluding carboxylic acids is 2. The summed E-state index contributed by atoms with van der Waals surface area (Å²) in [5.41, 5.74) is 1.48. The van der Waals surface area contributed by atoms with E-state index in [-0.39, 0.29) is 17.4 Å². The second-order valence-corrected chi connectivity index (χ2v) is 7.81. The van der Waals surface area contributed by atoms with Crippen molar-refractivity contribution in [3.8, 4) is 5.75 Å². The van der Waals surface area contributed by atoms with Gasteiger partial charge in [0.25, 0.3) is 11.8 Å². The average molecular weight is 466 g/mol. The van der Waals surface area contributed by atoms with Crippen molar-refractivity contribution >= 4 is 17.6 Å². The maximum atomic E-state index is 13.5. The second-order valence-electron chi connectivity index (χ2n) is 7.81. The van der Waals surface area contributed by atoms with Crippen molar-refractivity contribution in [3.05, 3.63) is 89.1 Å². The molecule has 1 aromatic heterocycles. The quantitative estimate of drug-likeness (QED) is 0.604. The third-order valence-electron chi connectivity index (χ3n) is 5.68. The molecule has 3 aromatic rings. The summed E-state index contributed by atoms with van der Waals surface area (Å²) in [5.74, 6) is -1.38. The molecule has 0 aliphatic carbocycles. The van der Waals surface area contributed by atoms with Crippen molar-refractivity contribution in [1.82, 2.24) is 15.2 Å². The molecule has 0 saturated carbocycles. The Bertz CT molecular complexity index is 1180. The van der Waals surface area contributed by atoms with E-state index in [2.05, 4.69) is 10.3 Å². The molecule has 34 heavy (non-hydrogen) atoms. The minimum atomic E-state index is -1.05. The van der Waals surface area contributed by atoms with Crippen LogP contribution in [-0.4, -0.2) is 55.0 Å². The van der Waals surface area contributed by atoms with Crippen LogP contribution in [0.1, 0.15) is 26.3 Å². The SMILES string of the molecule is COc1ccc(CNC(=O)c2cccnc2N2CCN(C(=O)c3ccc(F)c(F)c3)CC2)cc1. The van der Waals surface area contributed by atoms with Crippen LogP contribution in [0, 0.1) is 11.6 Å². The highest BCUT2D eigenvalue weighted by Crippen LogP contribution is 2.21. The number of aromatic nitrogens is 1. The van der Waals surface area contributed by atoms with Gasteiger partial charge in [0, 0.05) is 44.5 Å². The van der Waals surface area contributed by atoms with Gasteiger partial charge in [-0.15, -0.1) is 0 Å². The smallest absolute Gasteiger partial charge is 0.255 e. The molecule has 176 valence electrons. The van der Waals surface area contributed by atoms with Gasteiger partial charge >= 0.3 is 0 Å². The maximum absolute atomic E-state index is 13.5. The zero-order valence-corrected chi connectivity index (χ0v) is 18.6. The molecule has 0 bridgehead atoms. The molecule has 0 spiro atoms. The number of pyridine rings is 1. The summed E-state index contributed by atoms with van der Waals surface area (Å²) in [4.78, 5) is 33.5. The number of nitrogens with one attached hydrogen (secondary N) is 1. The first kappa shape index (κ1) is 23.2. The van der Waals surface area contributed by atoms with Crippen molar-refractivity contribution in [2.24, 2.45) is 0 Å². The van der Waals surface area contributed by atoms with Crippen LogP contribution in [0.2, 0.25) is 0 Å². The molecule has 1 aliphatic rings. The van der Waals surface area contributed by atoms with Crippen molar-refractivity contribution < 1.29 is 23.1 Å². The summed E-state index contributed by atoms with van der Waals surface area (Å²) < 4.78 is 31.8. The molecule has 7 nitrogen and oxygen atoms in total. The summed E-state index contributed by atoms with van der Waals surface area (Å²) >= 11 is 0. The maximum Gasteiger partial charge on any atom is 0.255 e. The van der Waals surface area contributed by atoms with E-state index in [4.69, 9.17) is 4.74 Å². The van der Waals surface area contributed by atoms with Gasteiger partial charge in [-0.25, -0.2) is 13.8 Å². The first-order chi connectivity index (χ1) is 16.5. The Labute approximate surface area is 196 Å². The molecule has 0 atom stereocenters. The number of methoxy groups -OCH3 is 1. The van der Waals surface area contributed by atoms with Gasteiger partial charge in [-0.3, -0.25) is 9.59 Å². The van der Waals surface area contributed by atoms with Crippen LogP contribution >= 0.6 is 0 Å². The first-order valence-corrected chi connectivity index (χ1v) is 10.8. The fraction of sp³-hybridized carbons (Fsp3) is 0.240. The van der Waals surface area contributed by atoms with Crippen LogP contribution in [0.4, 0.5) is 14.6 Å². The van der Waals surface area contributed by atoms with Crippen molar-refractivity contribution in [2.45, 2.75) is 6.54 Å². The topological polar surface area (TPSA) is 74.8 Å². The molecule has 1 N–H and O–H groups in total. The molecule has 1 saturated heterocycles. The molecular formula is C25H24F2N4O3. The number of amides is 2. The van der Waals surface area contributed by atoms with Gasteiger partial charge < -0.3 is 19.9 Å². The number of benzene rings is 2. The van der Waals surface area contributed by atoms with E-state index >= 15 is 0 Å². The van der Waals surface area contributed by atoms with Gasteiger partial charge in [-0.05, 0) is 48.0 Å². The normalized spacial score (nSPS) is 13.5. The van der Waals surface area contributed by atoms with Crippen LogP contribution in [0.3, 0.4) is 0 Å². The predicted octanol–water partition coefficient (Wildman–Crippen LogP) is 3.26. The molecule has 1 fully saturated rings. The first-order valence-electron chi connectivity index (χ1n) is 10.8. The number of ether oxygens (including phenoxy) is 1. The highest BCUT2D eigenvalue weighted by atomic mass is 19.2. The predicted molar refractivity (Wildman–Crippen MR) is 123 cm³/mol. The fourth-order valence-electron chi connectivity index (χ4n) is 3.78. The van der Waals surface area contributed by atoms with Crippen molar-refractivity contribution in [2.75, 3.05) is 38.2 Å². The number of halogens is 2. The number of piperazine rings is 1. The summed E-state index contributed by atoms with van der Waals surface area (Å²) in [5, 5.41) is 2.91. The number of rotatable bonds is 6. The van der Waals surface area contributed by atoms with E-state index in [1.54, 1.807) is 30.3 Å². The van der Waals surface area contributed by atoms with Gasteiger partial charge in [-0.1, -0.05) is 12.1 Å². The monoisotopic (exact) mass is 466 g/mol. The van der Waals surface area contributed by atoms with E-state index in [0.717, 1.165) is 23.4 Å². The number of hydrogen-bond donors (Lipinski definition) is 1. The third-order valence-corrected chi connectivity index (χ3v) is 5.68. The van der Waals surface area contributed by atoms with Gasteiger partial charge in [0.1, 0.15) is 11.6 Å². The fourth-order valence-corrected chi connectivity index (χ4v) is 3.78. The summed E-state index contributed by atoms with van der Waals surface area (Å²) in [6.07, 6.45) is 1.62. The Kier molecular flexibility index (Phi) is 7.01. The van der Waals surface area contributed by atoms with E-state index in [1.165, 1.54) is 6.07 Å². The summed E-state index contributed by atoms with van der Waals surface area (Å²) in [6.45, 7) is 1.98. The molecule has 9 heteroatoms. The van der Waals surface area contributed by atoms with Gasteiger partial charge in [0.15, 0.2) is 11.6 Å². The highest BCUT2D eigenvalue weighted by molar-refractivity contribution is 5.99. The largest absolute Gasteiger partial charge is 0.497 e. The van der Waals surface area contributed by atoms with E-state index in [9.17, 15) is 18.4 Å². The molecule has 4 rings (SSSR count). The molecule has 0 unspecified atom stereocenters.